The molecule has 0 aromatic heterocycles. The summed E-state index contributed by atoms with van der Waals surface area (Å²) in [4.78, 5) is 12.3. The first kappa shape index (κ1) is 24.9. The van der Waals surface area contributed by atoms with Gasteiger partial charge in [-0.15, -0.1) is 0 Å². The second-order valence-electron chi connectivity index (χ2n) is 9.16. The lowest BCUT2D eigenvalue weighted by atomic mass is 9.92. The third kappa shape index (κ3) is 5.28. The lowest BCUT2D eigenvalue weighted by molar-refractivity contribution is 0.110. The zero-order chi connectivity index (χ0) is 23.1. The summed E-state index contributed by atoms with van der Waals surface area (Å²) in [5.74, 6) is 0. The van der Waals surface area contributed by atoms with Crippen LogP contribution < -0.4 is 21.0 Å². The van der Waals surface area contributed by atoms with Crippen molar-refractivity contribution in [2.45, 2.75) is 64.6 Å². The smallest absolute Gasteiger partial charge is 0.315 e. The Morgan fingerprint density at radius 2 is 1.48 bits per heavy atom. The van der Waals surface area contributed by atoms with Crippen LogP contribution in [0.15, 0.2) is 72.8 Å². The van der Waals surface area contributed by atoms with E-state index in [0.717, 1.165) is 6.42 Å². The first-order valence-electron chi connectivity index (χ1n) is 11.1. The van der Waals surface area contributed by atoms with Crippen LogP contribution in [0, 0.1) is 0 Å². The molecule has 0 spiro atoms. The summed E-state index contributed by atoms with van der Waals surface area (Å²) in [7, 11) is -1.10. The van der Waals surface area contributed by atoms with E-state index in [2.05, 4.69) is 86.9 Å². The van der Waals surface area contributed by atoms with Crippen molar-refractivity contribution in [3.63, 3.8) is 0 Å². The van der Waals surface area contributed by atoms with Crippen molar-refractivity contribution < 1.29 is 9.22 Å². The van der Waals surface area contributed by atoms with Gasteiger partial charge in [-0.2, -0.15) is 0 Å². The number of allylic oxidation sites excluding steroid dienone is 1. The minimum atomic E-state index is -2.74. The maximum Gasteiger partial charge on any atom is 0.315 e. The number of rotatable bonds is 8. The van der Waals surface area contributed by atoms with Gasteiger partial charge in [0, 0.05) is 7.05 Å². The van der Waals surface area contributed by atoms with Crippen LogP contribution in [0.3, 0.4) is 0 Å². The summed E-state index contributed by atoms with van der Waals surface area (Å²) in [5.41, 5.74) is -0.656. The number of benzene rings is 2. The van der Waals surface area contributed by atoms with Gasteiger partial charge in [-0.25, -0.2) is 4.79 Å². The van der Waals surface area contributed by atoms with Crippen molar-refractivity contribution in [2.24, 2.45) is 0 Å². The predicted molar refractivity (Wildman–Crippen MR) is 134 cm³/mol. The zero-order valence-corrected chi connectivity index (χ0v) is 21.0. The molecule has 31 heavy (non-hydrogen) atoms. The second-order valence-corrected chi connectivity index (χ2v) is 13.4. The van der Waals surface area contributed by atoms with Crippen LogP contribution in [0.1, 0.15) is 48.0 Å². The van der Waals surface area contributed by atoms with Crippen molar-refractivity contribution in [1.29, 1.82) is 0 Å². The molecule has 0 saturated heterocycles. The van der Waals surface area contributed by atoms with Crippen LogP contribution in [-0.4, -0.2) is 33.0 Å². The molecule has 0 radical (unpaired) electrons. The van der Waals surface area contributed by atoms with Crippen molar-refractivity contribution in [1.82, 2.24) is 10.6 Å². The molecule has 2 rings (SSSR count). The van der Waals surface area contributed by atoms with Gasteiger partial charge in [0.15, 0.2) is 0 Å². The molecular weight excluding hydrogens is 400 g/mol. The first-order valence-corrected chi connectivity index (χ1v) is 13.0. The van der Waals surface area contributed by atoms with E-state index in [-0.39, 0.29) is 17.2 Å². The lowest BCUT2D eigenvalue weighted by Gasteiger charge is -2.48. The van der Waals surface area contributed by atoms with Crippen LogP contribution in [0.2, 0.25) is 5.04 Å². The van der Waals surface area contributed by atoms with Crippen LogP contribution >= 0.6 is 0 Å². The van der Waals surface area contributed by atoms with Crippen molar-refractivity contribution in [2.75, 3.05) is 7.05 Å². The highest BCUT2D eigenvalue weighted by molar-refractivity contribution is 6.99. The summed E-state index contributed by atoms with van der Waals surface area (Å²) in [6.45, 7) is 12.9. The highest BCUT2D eigenvalue weighted by Gasteiger charge is 2.53. The van der Waals surface area contributed by atoms with Gasteiger partial charge in [0.25, 0.3) is 8.32 Å². The molecule has 0 aliphatic heterocycles. The molecule has 2 aromatic rings. The molecule has 0 aliphatic carbocycles. The van der Waals surface area contributed by atoms with E-state index in [9.17, 15) is 4.79 Å². The number of nitrogens with one attached hydrogen (secondary N) is 2. The van der Waals surface area contributed by atoms with Gasteiger partial charge in [0.1, 0.15) is 0 Å². The zero-order valence-electron chi connectivity index (χ0n) is 20.0. The molecule has 0 unspecified atom stereocenters. The average Bonchev–Trinajstić information content (AvgIpc) is 2.75. The van der Waals surface area contributed by atoms with Crippen molar-refractivity contribution in [3.8, 4) is 0 Å². The molecule has 0 bridgehead atoms. The monoisotopic (exact) mass is 438 g/mol. The summed E-state index contributed by atoms with van der Waals surface area (Å²) in [6, 6.07) is 21.0. The normalized spacial score (nSPS) is 15.3. The third-order valence-corrected chi connectivity index (χ3v) is 10.9. The molecule has 2 aromatic carbocycles. The number of amides is 2. The Hall–Kier alpha value is -2.37. The molecule has 168 valence electrons. The predicted octanol–water partition coefficient (Wildman–Crippen LogP) is 4.61. The Morgan fingerprint density at radius 3 is 1.84 bits per heavy atom. The number of carbonyl (C=O) groups is 1. The maximum atomic E-state index is 12.3. The van der Waals surface area contributed by atoms with E-state index in [1.165, 1.54) is 10.4 Å². The standard InChI is InChI=1S/C26H38N2O2Si/c1-8-20-26(6,28-24(29)27-7)23(9-2)30-31(25(3,4)5,21-16-12-10-13-17-21)22-18-14-11-15-19-22/h8,10-20,23H,9H2,1-7H3,(H2,27,28,29)/b20-8+/t23-,26+/m1/s1. The van der Waals surface area contributed by atoms with Gasteiger partial charge >= 0.3 is 6.03 Å². The Balaban J connectivity index is 2.73. The molecule has 0 heterocycles. The van der Waals surface area contributed by atoms with E-state index in [1.807, 2.05) is 38.1 Å². The SMILES string of the molecule is C/C=C/[C@](C)(NC(=O)NC)[C@@H](CC)O[Si](c1ccccc1)(c1ccccc1)C(C)(C)C. The largest absolute Gasteiger partial charge is 0.402 e. The molecule has 0 fully saturated rings. The number of urea groups is 1. The lowest BCUT2D eigenvalue weighted by Crippen LogP contribution is -2.70. The fourth-order valence-electron chi connectivity index (χ4n) is 4.42. The highest BCUT2D eigenvalue weighted by Crippen LogP contribution is 2.39. The summed E-state index contributed by atoms with van der Waals surface area (Å²) < 4.78 is 7.33. The van der Waals surface area contributed by atoms with Gasteiger partial charge < -0.3 is 15.1 Å². The Kier molecular flexibility index (Phi) is 8.26. The molecule has 0 saturated carbocycles. The fraction of sp³-hybridized carbons (Fsp3) is 0.423. The molecule has 5 heteroatoms. The molecule has 4 nitrogen and oxygen atoms in total. The molecule has 2 amide bonds. The minimum Gasteiger partial charge on any atom is -0.402 e. The van der Waals surface area contributed by atoms with Gasteiger partial charge in [0.05, 0.1) is 11.6 Å². The van der Waals surface area contributed by atoms with Gasteiger partial charge in [-0.3, -0.25) is 0 Å². The van der Waals surface area contributed by atoms with Gasteiger partial charge in [-0.1, -0.05) is 101 Å². The van der Waals surface area contributed by atoms with E-state index < -0.39 is 13.9 Å². The van der Waals surface area contributed by atoms with Crippen LogP contribution in [-0.2, 0) is 4.43 Å². The van der Waals surface area contributed by atoms with E-state index in [1.54, 1.807) is 7.05 Å². The summed E-state index contributed by atoms with van der Waals surface area (Å²) >= 11 is 0. The second kappa shape index (κ2) is 10.3. The quantitative estimate of drug-likeness (QED) is 0.467. The van der Waals surface area contributed by atoms with Gasteiger partial charge in [-0.05, 0) is 35.7 Å². The highest BCUT2D eigenvalue weighted by atomic mass is 28.4. The van der Waals surface area contributed by atoms with Gasteiger partial charge in [0.2, 0.25) is 0 Å². The van der Waals surface area contributed by atoms with Crippen LogP contribution in [0.25, 0.3) is 0 Å². The number of carbonyl (C=O) groups excluding carboxylic acids is 1. The minimum absolute atomic E-state index is 0.132. The Bertz CT molecular complexity index is 822. The Labute approximate surface area is 189 Å². The number of hydrogen-bond donors (Lipinski definition) is 2. The summed E-state index contributed by atoms with van der Waals surface area (Å²) in [5, 5.41) is 8.15. The third-order valence-electron chi connectivity index (χ3n) is 5.90. The first-order chi connectivity index (χ1) is 14.6. The molecule has 2 atom stereocenters. The average molecular weight is 439 g/mol. The van der Waals surface area contributed by atoms with E-state index in [4.69, 9.17) is 4.43 Å². The van der Waals surface area contributed by atoms with E-state index >= 15 is 0 Å². The molecule has 0 aliphatic rings. The van der Waals surface area contributed by atoms with Crippen LogP contribution in [0.5, 0.6) is 0 Å². The number of hydrogen-bond acceptors (Lipinski definition) is 2. The van der Waals surface area contributed by atoms with Crippen molar-refractivity contribution in [3.05, 3.63) is 72.8 Å². The topological polar surface area (TPSA) is 50.4 Å². The van der Waals surface area contributed by atoms with Crippen LogP contribution in [0.4, 0.5) is 4.79 Å². The van der Waals surface area contributed by atoms with E-state index in [0.29, 0.717) is 0 Å². The molecule has 2 N–H and O–H groups in total. The molecular formula is C26H38N2O2Si. The summed E-state index contributed by atoms with van der Waals surface area (Å²) in [6.07, 6.45) is 4.56. The fourth-order valence-corrected chi connectivity index (χ4v) is 9.27. The van der Waals surface area contributed by atoms with Crippen molar-refractivity contribution >= 4 is 24.7 Å². The maximum absolute atomic E-state index is 12.3. The Morgan fingerprint density at radius 1 is 1.00 bits per heavy atom.